The molecule has 92 valence electrons. The maximum Gasteiger partial charge on any atom is 0.310 e. The largest absolute Gasteiger partial charge is 0.466 e. The summed E-state index contributed by atoms with van der Waals surface area (Å²) in [4.78, 5) is 24.8. The molecule has 1 rings (SSSR count). The SMILES string of the molecule is CCOC(=O)[C@H]1CCCN(CC(=O)NC)C1. The molecule has 5 heteroatoms. The highest BCUT2D eigenvalue weighted by Crippen LogP contribution is 2.17. The summed E-state index contributed by atoms with van der Waals surface area (Å²) in [7, 11) is 1.62. The van der Waals surface area contributed by atoms with E-state index in [1.165, 1.54) is 0 Å². The van der Waals surface area contributed by atoms with E-state index in [2.05, 4.69) is 5.32 Å². The van der Waals surface area contributed by atoms with Crippen molar-refractivity contribution in [2.75, 3.05) is 33.3 Å². The van der Waals surface area contributed by atoms with Gasteiger partial charge < -0.3 is 10.1 Å². The summed E-state index contributed by atoms with van der Waals surface area (Å²) < 4.78 is 4.99. The molecule has 0 saturated carbocycles. The Balaban J connectivity index is 2.40. The number of piperidine rings is 1. The van der Waals surface area contributed by atoms with Gasteiger partial charge in [-0.1, -0.05) is 0 Å². The van der Waals surface area contributed by atoms with Gasteiger partial charge in [0.15, 0.2) is 0 Å². The van der Waals surface area contributed by atoms with Crippen LogP contribution in [0.1, 0.15) is 19.8 Å². The number of nitrogens with zero attached hydrogens (tertiary/aromatic N) is 1. The summed E-state index contributed by atoms with van der Waals surface area (Å²) in [5, 5.41) is 2.58. The molecule has 1 heterocycles. The average molecular weight is 228 g/mol. The maximum absolute atomic E-state index is 11.5. The van der Waals surface area contributed by atoms with Gasteiger partial charge in [-0.25, -0.2) is 0 Å². The van der Waals surface area contributed by atoms with Crippen molar-refractivity contribution in [3.05, 3.63) is 0 Å². The van der Waals surface area contributed by atoms with E-state index in [1.807, 2.05) is 11.8 Å². The molecular weight excluding hydrogens is 208 g/mol. The van der Waals surface area contributed by atoms with E-state index in [0.29, 0.717) is 19.7 Å². The Morgan fingerprint density at radius 2 is 2.25 bits per heavy atom. The van der Waals surface area contributed by atoms with Gasteiger partial charge in [-0.3, -0.25) is 14.5 Å². The Morgan fingerprint density at radius 3 is 2.88 bits per heavy atom. The average Bonchev–Trinajstić information content (AvgIpc) is 2.29. The third kappa shape index (κ3) is 3.81. The zero-order chi connectivity index (χ0) is 12.0. The summed E-state index contributed by atoms with van der Waals surface area (Å²) in [5.41, 5.74) is 0. The normalized spacial score (nSPS) is 21.5. The van der Waals surface area contributed by atoms with Crippen LogP contribution >= 0.6 is 0 Å². The monoisotopic (exact) mass is 228 g/mol. The lowest BCUT2D eigenvalue weighted by Gasteiger charge is -2.30. The summed E-state index contributed by atoms with van der Waals surface area (Å²) in [6.45, 7) is 4.11. The Kier molecular flexibility index (Phi) is 5.25. The van der Waals surface area contributed by atoms with Crippen molar-refractivity contribution in [1.29, 1.82) is 0 Å². The Morgan fingerprint density at radius 1 is 1.50 bits per heavy atom. The molecule has 0 aromatic carbocycles. The van der Waals surface area contributed by atoms with Crippen molar-refractivity contribution in [3.8, 4) is 0 Å². The lowest BCUT2D eigenvalue weighted by Crippen LogP contribution is -2.44. The zero-order valence-corrected chi connectivity index (χ0v) is 9.99. The van der Waals surface area contributed by atoms with Crippen LogP contribution in [-0.2, 0) is 14.3 Å². The zero-order valence-electron chi connectivity index (χ0n) is 9.99. The number of hydrogen-bond acceptors (Lipinski definition) is 4. The molecule has 0 spiro atoms. The van der Waals surface area contributed by atoms with Gasteiger partial charge in [-0.2, -0.15) is 0 Å². The Hall–Kier alpha value is -1.10. The van der Waals surface area contributed by atoms with Gasteiger partial charge in [0.05, 0.1) is 19.1 Å². The fraction of sp³-hybridized carbons (Fsp3) is 0.818. The topological polar surface area (TPSA) is 58.6 Å². The molecule has 0 unspecified atom stereocenters. The van der Waals surface area contributed by atoms with Crippen LogP contribution in [0.3, 0.4) is 0 Å². The predicted molar refractivity (Wildman–Crippen MR) is 59.9 cm³/mol. The molecule has 1 N–H and O–H groups in total. The summed E-state index contributed by atoms with van der Waals surface area (Å²) in [6.07, 6.45) is 1.81. The summed E-state index contributed by atoms with van der Waals surface area (Å²) in [6, 6.07) is 0. The first-order valence-electron chi connectivity index (χ1n) is 5.77. The van der Waals surface area contributed by atoms with E-state index in [9.17, 15) is 9.59 Å². The van der Waals surface area contributed by atoms with Crippen molar-refractivity contribution >= 4 is 11.9 Å². The molecule has 1 aliphatic rings. The number of likely N-dealkylation sites (N-methyl/N-ethyl adjacent to an activating group) is 1. The van der Waals surface area contributed by atoms with E-state index in [1.54, 1.807) is 7.05 Å². The number of amides is 1. The van der Waals surface area contributed by atoms with Gasteiger partial charge in [-0.05, 0) is 26.3 Å². The number of hydrogen-bond donors (Lipinski definition) is 1. The van der Waals surface area contributed by atoms with Gasteiger partial charge in [0.2, 0.25) is 5.91 Å². The second kappa shape index (κ2) is 6.48. The van der Waals surface area contributed by atoms with Crippen molar-refractivity contribution in [3.63, 3.8) is 0 Å². The third-order valence-electron chi connectivity index (χ3n) is 2.77. The highest BCUT2D eigenvalue weighted by atomic mass is 16.5. The number of carbonyl (C=O) groups excluding carboxylic acids is 2. The molecule has 16 heavy (non-hydrogen) atoms. The molecule has 0 aromatic heterocycles. The van der Waals surface area contributed by atoms with E-state index < -0.39 is 0 Å². The molecule has 0 bridgehead atoms. The van der Waals surface area contributed by atoms with E-state index in [-0.39, 0.29) is 17.8 Å². The number of esters is 1. The van der Waals surface area contributed by atoms with Crippen LogP contribution < -0.4 is 5.32 Å². The number of carbonyl (C=O) groups is 2. The van der Waals surface area contributed by atoms with Gasteiger partial charge in [0.1, 0.15) is 0 Å². The molecule has 1 amide bonds. The lowest BCUT2D eigenvalue weighted by atomic mass is 9.98. The number of nitrogens with one attached hydrogen (secondary N) is 1. The van der Waals surface area contributed by atoms with Crippen molar-refractivity contribution in [2.45, 2.75) is 19.8 Å². The van der Waals surface area contributed by atoms with Crippen LogP contribution in [0.2, 0.25) is 0 Å². The smallest absolute Gasteiger partial charge is 0.310 e. The van der Waals surface area contributed by atoms with Crippen LogP contribution in [0.15, 0.2) is 0 Å². The molecule has 1 saturated heterocycles. The minimum atomic E-state index is -0.135. The van der Waals surface area contributed by atoms with Gasteiger partial charge in [-0.15, -0.1) is 0 Å². The molecule has 1 aliphatic heterocycles. The van der Waals surface area contributed by atoms with Crippen LogP contribution in [0.4, 0.5) is 0 Å². The molecule has 0 aliphatic carbocycles. The van der Waals surface area contributed by atoms with E-state index >= 15 is 0 Å². The number of rotatable bonds is 4. The maximum atomic E-state index is 11.5. The molecular formula is C11H20N2O3. The van der Waals surface area contributed by atoms with Crippen LogP contribution in [0, 0.1) is 5.92 Å². The van der Waals surface area contributed by atoms with Crippen molar-refractivity contribution in [2.24, 2.45) is 5.92 Å². The van der Waals surface area contributed by atoms with Crippen molar-refractivity contribution < 1.29 is 14.3 Å². The van der Waals surface area contributed by atoms with Gasteiger partial charge in [0.25, 0.3) is 0 Å². The number of ether oxygens (including phenoxy) is 1. The first-order valence-corrected chi connectivity index (χ1v) is 5.77. The lowest BCUT2D eigenvalue weighted by molar-refractivity contribution is -0.150. The predicted octanol–water partition coefficient (Wildman–Crippen LogP) is 0.00750. The van der Waals surface area contributed by atoms with Gasteiger partial charge in [0, 0.05) is 13.6 Å². The standard InChI is InChI=1S/C11H20N2O3/c1-3-16-11(15)9-5-4-6-13(7-9)8-10(14)12-2/h9H,3-8H2,1-2H3,(H,12,14)/t9-/m0/s1. The fourth-order valence-corrected chi connectivity index (χ4v) is 1.93. The Labute approximate surface area is 96.1 Å². The Bertz CT molecular complexity index is 256. The quantitative estimate of drug-likeness (QED) is 0.688. The van der Waals surface area contributed by atoms with E-state index in [4.69, 9.17) is 4.74 Å². The van der Waals surface area contributed by atoms with E-state index in [0.717, 1.165) is 19.4 Å². The van der Waals surface area contributed by atoms with Crippen molar-refractivity contribution in [1.82, 2.24) is 10.2 Å². The molecule has 0 aromatic rings. The van der Waals surface area contributed by atoms with Crippen LogP contribution in [0.25, 0.3) is 0 Å². The fourth-order valence-electron chi connectivity index (χ4n) is 1.93. The van der Waals surface area contributed by atoms with Gasteiger partial charge >= 0.3 is 5.97 Å². The molecule has 5 nitrogen and oxygen atoms in total. The molecule has 1 atom stereocenters. The summed E-state index contributed by atoms with van der Waals surface area (Å²) in [5.74, 6) is -0.216. The van der Waals surface area contributed by atoms with Crippen LogP contribution in [0.5, 0.6) is 0 Å². The first-order chi connectivity index (χ1) is 7.67. The minimum Gasteiger partial charge on any atom is -0.466 e. The minimum absolute atomic E-state index is 0.00971. The second-order valence-corrected chi connectivity index (χ2v) is 4.00. The summed E-state index contributed by atoms with van der Waals surface area (Å²) >= 11 is 0. The molecule has 0 radical (unpaired) electrons. The first kappa shape index (κ1) is 13.0. The highest BCUT2D eigenvalue weighted by Gasteiger charge is 2.27. The number of likely N-dealkylation sites (tertiary alicyclic amines) is 1. The highest BCUT2D eigenvalue weighted by molar-refractivity contribution is 5.78. The third-order valence-corrected chi connectivity index (χ3v) is 2.77. The van der Waals surface area contributed by atoms with Crippen LogP contribution in [-0.4, -0.2) is 50.1 Å². The molecule has 1 fully saturated rings. The second-order valence-electron chi connectivity index (χ2n) is 4.00.